The fourth-order valence-corrected chi connectivity index (χ4v) is 2.44. The second-order valence-electron chi connectivity index (χ2n) is 6.43. The molecular formula is C16H25Cl2N. The molecule has 0 fully saturated rings. The molecule has 1 aromatic carbocycles. The molecule has 0 aliphatic rings. The van der Waals surface area contributed by atoms with Gasteiger partial charge in [-0.3, -0.25) is 0 Å². The van der Waals surface area contributed by atoms with Crippen molar-refractivity contribution in [2.75, 3.05) is 7.05 Å². The highest BCUT2D eigenvalue weighted by Crippen LogP contribution is 2.30. The number of rotatable bonds is 5. The fourth-order valence-electron chi connectivity index (χ4n) is 2.05. The average molecular weight is 302 g/mol. The molecule has 0 heterocycles. The molecule has 1 aromatic rings. The summed E-state index contributed by atoms with van der Waals surface area (Å²) in [7, 11) is 2.01. The van der Waals surface area contributed by atoms with Crippen LogP contribution in [0.5, 0.6) is 0 Å². The molecule has 0 aliphatic carbocycles. The normalized spacial score (nSPS) is 15.3. The van der Waals surface area contributed by atoms with Gasteiger partial charge >= 0.3 is 0 Å². The van der Waals surface area contributed by atoms with E-state index in [9.17, 15) is 0 Å². The Morgan fingerprint density at radius 2 is 1.84 bits per heavy atom. The van der Waals surface area contributed by atoms with Crippen LogP contribution in [0.4, 0.5) is 0 Å². The van der Waals surface area contributed by atoms with Crippen LogP contribution in [-0.4, -0.2) is 13.1 Å². The highest BCUT2D eigenvalue weighted by Gasteiger charge is 2.23. The van der Waals surface area contributed by atoms with E-state index in [4.69, 9.17) is 23.2 Å². The van der Waals surface area contributed by atoms with E-state index in [0.29, 0.717) is 17.4 Å². The monoisotopic (exact) mass is 301 g/mol. The molecule has 1 nitrogen and oxygen atoms in total. The van der Waals surface area contributed by atoms with Gasteiger partial charge < -0.3 is 5.32 Å². The molecule has 1 N–H and O–H groups in total. The van der Waals surface area contributed by atoms with Crippen molar-refractivity contribution in [1.29, 1.82) is 0 Å². The Kier molecular flexibility index (Phi) is 6.16. The Balaban J connectivity index is 2.74. The summed E-state index contributed by atoms with van der Waals surface area (Å²) in [5.41, 5.74) is 1.45. The maximum Gasteiger partial charge on any atom is 0.0439 e. The molecule has 2 atom stereocenters. The Hall–Kier alpha value is -0.240. The first-order valence-corrected chi connectivity index (χ1v) is 7.60. The standard InChI is InChI=1S/C16H25Cl2N/c1-11(16(2,3)4)8-14(19-5)10-12-9-13(17)6-7-15(12)18/h6-7,9,11,14,19H,8,10H2,1-5H3. The molecule has 0 radical (unpaired) electrons. The molecule has 0 saturated heterocycles. The highest BCUT2D eigenvalue weighted by atomic mass is 35.5. The zero-order valence-corrected chi connectivity index (χ0v) is 14.1. The summed E-state index contributed by atoms with van der Waals surface area (Å²) in [6.45, 7) is 9.17. The summed E-state index contributed by atoms with van der Waals surface area (Å²) in [6, 6.07) is 6.10. The fraction of sp³-hybridized carbons (Fsp3) is 0.625. The van der Waals surface area contributed by atoms with E-state index in [2.05, 4.69) is 33.0 Å². The largest absolute Gasteiger partial charge is 0.317 e. The molecule has 0 bridgehead atoms. The minimum atomic E-state index is 0.327. The third-order valence-corrected chi connectivity index (χ3v) is 4.60. The summed E-state index contributed by atoms with van der Waals surface area (Å²) in [5, 5.41) is 4.95. The third-order valence-electron chi connectivity index (χ3n) is 4.00. The van der Waals surface area contributed by atoms with Crippen molar-refractivity contribution in [1.82, 2.24) is 5.32 Å². The van der Waals surface area contributed by atoms with Crippen molar-refractivity contribution < 1.29 is 0 Å². The van der Waals surface area contributed by atoms with Crippen LogP contribution < -0.4 is 5.32 Å². The van der Waals surface area contributed by atoms with Crippen LogP contribution in [-0.2, 0) is 6.42 Å². The molecule has 0 saturated carbocycles. The number of halogens is 2. The second-order valence-corrected chi connectivity index (χ2v) is 7.27. The van der Waals surface area contributed by atoms with Crippen molar-refractivity contribution >= 4 is 23.2 Å². The van der Waals surface area contributed by atoms with E-state index in [1.807, 2.05) is 25.2 Å². The van der Waals surface area contributed by atoms with E-state index >= 15 is 0 Å². The zero-order valence-electron chi connectivity index (χ0n) is 12.6. The van der Waals surface area contributed by atoms with Gasteiger partial charge in [-0.15, -0.1) is 0 Å². The summed E-state index contributed by atoms with van der Waals surface area (Å²) >= 11 is 12.3. The molecule has 0 aliphatic heterocycles. The van der Waals surface area contributed by atoms with Gasteiger partial charge in [0.05, 0.1) is 0 Å². The predicted molar refractivity (Wildman–Crippen MR) is 86.2 cm³/mol. The SMILES string of the molecule is CNC(Cc1cc(Cl)ccc1Cl)CC(C)C(C)(C)C. The van der Waals surface area contributed by atoms with Gasteiger partial charge in [0, 0.05) is 16.1 Å². The van der Waals surface area contributed by atoms with Gasteiger partial charge in [0.2, 0.25) is 0 Å². The van der Waals surface area contributed by atoms with Gasteiger partial charge in [-0.1, -0.05) is 50.9 Å². The lowest BCUT2D eigenvalue weighted by atomic mass is 9.78. The second kappa shape index (κ2) is 6.97. The van der Waals surface area contributed by atoms with Crippen LogP contribution in [0.15, 0.2) is 18.2 Å². The first-order valence-electron chi connectivity index (χ1n) is 6.85. The topological polar surface area (TPSA) is 12.0 Å². The summed E-state index contributed by atoms with van der Waals surface area (Å²) in [6.07, 6.45) is 2.04. The van der Waals surface area contributed by atoms with E-state index in [1.165, 1.54) is 0 Å². The first kappa shape index (κ1) is 16.8. The molecule has 0 aromatic heterocycles. The van der Waals surface area contributed by atoms with Crippen molar-refractivity contribution in [3.05, 3.63) is 33.8 Å². The van der Waals surface area contributed by atoms with E-state index in [1.54, 1.807) is 0 Å². The number of hydrogen-bond acceptors (Lipinski definition) is 1. The van der Waals surface area contributed by atoms with E-state index < -0.39 is 0 Å². The molecule has 108 valence electrons. The molecule has 1 rings (SSSR count). The number of hydrogen-bond donors (Lipinski definition) is 1. The number of nitrogens with one attached hydrogen (secondary N) is 1. The lowest BCUT2D eigenvalue weighted by Gasteiger charge is -2.31. The Morgan fingerprint density at radius 3 is 2.37 bits per heavy atom. The van der Waals surface area contributed by atoms with Gasteiger partial charge in [0.1, 0.15) is 0 Å². The molecular weight excluding hydrogens is 277 g/mol. The molecule has 3 heteroatoms. The summed E-state index contributed by atoms with van der Waals surface area (Å²) < 4.78 is 0. The maximum atomic E-state index is 6.24. The molecule has 0 spiro atoms. The average Bonchev–Trinajstić information content (AvgIpc) is 2.31. The number of likely N-dealkylation sites (N-methyl/N-ethyl adjacent to an activating group) is 1. The number of benzene rings is 1. The molecule has 2 unspecified atom stereocenters. The summed E-state index contributed by atoms with van der Waals surface area (Å²) in [5.74, 6) is 0.642. The predicted octanol–water partition coefficient (Wildman–Crippen LogP) is 5.20. The van der Waals surface area contributed by atoms with Gasteiger partial charge in [0.25, 0.3) is 0 Å². The van der Waals surface area contributed by atoms with Crippen molar-refractivity contribution in [3.63, 3.8) is 0 Å². The van der Waals surface area contributed by atoms with Crippen LogP contribution in [0.3, 0.4) is 0 Å². The Morgan fingerprint density at radius 1 is 1.21 bits per heavy atom. The third kappa shape index (κ3) is 5.33. The van der Waals surface area contributed by atoms with Crippen molar-refractivity contribution in [3.8, 4) is 0 Å². The van der Waals surface area contributed by atoms with E-state index in [0.717, 1.165) is 28.5 Å². The van der Waals surface area contributed by atoms with Gasteiger partial charge in [-0.25, -0.2) is 0 Å². The van der Waals surface area contributed by atoms with Crippen LogP contribution in [0, 0.1) is 11.3 Å². The molecule has 19 heavy (non-hydrogen) atoms. The lowest BCUT2D eigenvalue weighted by molar-refractivity contribution is 0.225. The highest BCUT2D eigenvalue weighted by molar-refractivity contribution is 6.33. The van der Waals surface area contributed by atoms with Crippen LogP contribution >= 0.6 is 23.2 Å². The maximum absolute atomic E-state index is 6.24. The minimum absolute atomic E-state index is 0.327. The lowest BCUT2D eigenvalue weighted by Crippen LogP contribution is -2.33. The summed E-state index contributed by atoms with van der Waals surface area (Å²) in [4.78, 5) is 0. The van der Waals surface area contributed by atoms with Crippen LogP contribution in [0.2, 0.25) is 10.0 Å². The van der Waals surface area contributed by atoms with Gasteiger partial charge in [-0.2, -0.15) is 0 Å². The van der Waals surface area contributed by atoms with Crippen LogP contribution in [0.25, 0.3) is 0 Å². The Bertz CT molecular complexity index is 410. The quantitative estimate of drug-likeness (QED) is 0.788. The van der Waals surface area contributed by atoms with Crippen LogP contribution in [0.1, 0.15) is 39.7 Å². The first-order chi connectivity index (χ1) is 8.74. The van der Waals surface area contributed by atoms with Gasteiger partial charge in [-0.05, 0) is 55.0 Å². The van der Waals surface area contributed by atoms with E-state index in [-0.39, 0.29) is 0 Å². The Labute approximate surface area is 127 Å². The smallest absolute Gasteiger partial charge is 0.0439 e. The van der Waals surface area contributed by atoms with Gasteiger partial charge in [0.15, 0.2) is 0 Å². The molecule has 0 amide bonds. The van der Waals surface area contributed by atoms with Crippen molar-refractivity contribution in [2.45, 2.75) is 46.6 Å². The van der Waals surface area contributed by atoms with Crippen molar-refractivity contribution in [2.24, 2.45) is 11.3 Å². The minimum Gasteiger partial charge on any atom is -0.317 e. The zero-order chi connectivity index (χ0) is 14.6.